The van der Waals surface area contributed by atoms with Crippen LogP contribution in [-0.4, -0.2) is 51.2 Å². The lowest BCUT2D eigenvalue weighted by Gasteiger charge is -2.24. The first-order valence-electron chi connectivity index (χ1n) is 7.53. The van der Waals surface area contributed by atoms with Crippen molar-refractivity contribution < 1.29 is 14.6 Å². The van der Waals surface area contributed by atoms with Gasteiger partial charge in [-0.25, -0.2) is 9.97 Å². The molecule has 120 valence electrons. The van der Waals surface area contributed by atoms with Crippen molar-refractivity contribution in [2.75, 3.05) is 19.7 Å². The van der Waals surface area contributed by atoms with Crippen LogP contribution >= 0.6 is 0 Å². The Hall–Kier alpha value is -2.47. The SMILES string of the molecule is Cc1ccccc1OCC1(O)CCN(C(=O)c2ccncn2)C1. The van der Waals surface area contributed by atoms with Crippen LogP contribution < -0.4 is 4.74 Å². The largest absolute Gasteiger partial charge is 0.490 e. The summed E-state index contributed by atoms with van der Waals surface area (Å²) in [5.41, 5.74) is 0.317. The highest BCUT2D eigenvalue weighted by Crippen LogP contribution is 2.25. The number of rotatable bonds is 4. The molecule has 2 heterocycles. The lowest BCUT2D eigenvalue weighted by atomic mass is 10.1. The molecule has 1 N–H and O–H groups in total. The van der Waals surface area contributed by atoms with Crippen molar-refractivity contribution >= 4 is 5.91 Å². The monoisotopic (exact) mass is 313 g/mol. The Kier molecular flexibility index (Phi) is 4.25. The van der Waals surface area contributed by atoms with Gasteiger partial charge in [0, 0.05) is 12.7 Å². The fourth-order valence-electron chi connectivity index (χ4n) is 2.66. The summed E-state index contributed by atoms with van der Waals surface area (Å²) in [5, 5.41) is 10.7. The number of carbonyl (C=O) groups is 1. The number of aliphatic hydroxyl groups is 1. The number of carbonyl (C=O) groups excluding carboxylic acids is 1. The molecule has 0 saturated carbocycles. The molecule has 0 radical (unpaired) electrons. The normalized spacial score (nSPS) is 20.5. The Bertz CT molecular complexity index is 692. The van der Waals surface area contributed by atoms with Gasteiger partial charge in [-0.1, -0.05) is 18.2 Å². The second-order valence-electron chi connectivity index (χ2n) is 5.85. The summed E-state index contributed by atoms with van der Waals surface area (Å²) in [6.45, 7) is 2.84. The van der Waals surface area contributed by atoms with Crippen LogP contribution in [0.4, 0.5) is 0 Å². The standard InChI is InChI=1S/C17H19N3O3/c1-13-4-2-3-5-15(13)23-11-17(22)7-9-20(10-17)16(21)14-6-8-18-12-19-14/h2-6,8,12,22H,7,9-11H2,1H3. The second kappa shape index (κ2) is 6.34. The number of ether oxygens (including phenoxy) is 1. The molecule has 0 spiro atoms. The molecule has 0 aliphatic carbocycles. The van der Waals surface area contributed by atoms with Gasteiger partial charge >= 0.3 is 0 Å². The Balaban J connectivity index is 1.62. The molecule has 6 heteroatoms. The average Bonchev–Trinajstić information content (AvgIpc) is 2.97. The van der Waals surface area contributed by atoms with Gasteiger partial charge in [-0.2, -0.15) is 0 Å². The van der Waals surface area contributed by atoms with Crippen LogP contribution in [0.3, 0.4) is 0 Å². The molecule has 1 aromatic heterocycles. The van der Waals surface area contributed by atoms with Crippen LogP contribution in [0, 0.1) is 6.92 Å². The van der Waals surface area contributed by atoms with Crippen molar-refractivity contribution in [3.63, 3.8) is 0 Å². The smallest absolute Gasteiger partial charge is 0.272 e. The third-order valence-corrected chi connectivity index (χ3v) is 4.01. The van der Waals surface area contributed by atoms with Gasteiger partial charge in [-0.15, -0.1) is 0 Å². The molecule has 1 fully saturated rings. The Labute approximate surface area is 134 Å². The number of amides is 1. The Morgan fingerprint density at radius 3 is 2.96 bits per heavy atom. The van der Waals surface area contributed by atoms with Crippen LogP contribution in [0.1, 0.15) is 22.5 Å². The Morgan fingerprint density at radius 2 is 2.22 bits per heavy atom. The highest BCUT2D eigenvalue weighted by atomic mass is 16.5. The van der Waals surface area contributed by atoms with E-state index in [0.29, 0.717) is 18.7 Å². The zero-order valence-corrected chi connectivity index (χ0v) is 13.0. The summed E-state index contributed by atoms with van der Waals surface area (Å²) >= 11 is 0. The third kappa shape index (κ3) is 3.48. The van der Waals surface area contributed by atoms with Gasteiger partial charge in [0.15, 0.2) is 0 Å². The highest BCUT2D eigenvalue weighted by Gasteiger charge is 2.39. The number of hydrogen-bond acceptors (Lipinski definition) is 5. The number of hydrogen-bond donors (Lipinski definition) is 1. The molecule has 1 atom stereocenters. The van der Waals surface area contributed by atoms with Gasteiger partial charge in [-0.3, -0.25) is 4.79 Å². The number of likely N-dealkylation sites (tertiary alicyclic amines) is 1. The summed E-state index contributed by atoms with van der Waals surface area (Å²) in [6, 6.07) is 9.24. The average molecular weight is 313 g/mol. The minimum absolute atomic E-state index is 0.158. The Morgan fingerprint density at radius 1 is 1.39 bits per heavy atom. The van der Waals surface area contributed by atoms with E-state index < -0.39 is 5.60 Å². The van der Waals surface area contributed by atoms with Crippen molar-refractivity contribution in [2.45, 2.75) is 18.9 Å². The molecule has 3 rings (SSSR count). The van der Waals surface area contributed by atoms with E-state index in [1.165, 1.54) is 12.5 Å². The molecule has 1 amide bonds. The maximum absolute atomic E-state index is 12.3. The number of benzene rings is 1. The van der Waals surface area contributed by atoms with E-state index in [2.05, 4.69) is 9.97 Å². The van der Waals surface area contributed by atoms with Gasteiger partial charge in [0.25, 0.3) is 5.91 Å². The fraction of sp³-hybridized carbons (Fsp3) is 0.353. The van der Waals surface area contributed by atoms with Gasteiger partial charge in [0.05, 0.1) is 6.54 Å². The van der Waals surface area contributed by atoms with E-state index >= 15 is 0 Å². The molecular formula is C17H19N3O3. The van der Waals surface area contributed by atoms with E-state index in [1.807, 2.05) is 31.2 Å². The summed E-state index contributed by atoms with van der Waals surface area (Å²) in [6.07, 6.45) is 3.36. The third-order valence-electron chi connectivity index (χ3n) is 4.01. The van der Waals surface area contributed by atoms with E-state index in [9.17, 15) is 9.90 Å². The van der Waals surface area contributed by atoms with Gasteiger partial charge in [-0.05, 0) is 31.0 Å². The quantitative estimate of drug-likeness (QED) is 0.924. The maximum Gasteiger partial charge on any atom is 0.272 e. The zero-order valence-electron chi connectivity index (χ0n) is 13.0. The molecule has 1 aromatic carbocycles. The van der Waals surface area contributed by atoms with Crippen molar-refractivity contribution in [3.05, 3.63) is 54.1 Å². The predicted octanol–water partition coefficient (Wildman–Crippen LogP) is 1.44. The van der Waals surface area contributed by atoms with E-state index in [4.69, 9.17) is 4.74 Å². The maximum atomic E-state index is 12.3. The number of aromatic nitrogens is 2. The second-order valence-corrected chi connectivity index (χ2v) is 5.85. The lowest BCUT2D eigenvalue weighted by Crippen LogP contribution is -2.40. The lowest BCUT2D eigenvalue weighted by molar-refractivity contribution is 0.00407. The number of nitrogens with zero attached hydrogens (tertiary/aromatic N) is 3. The molecule has 1 saturated heterocycles. The highest BCUT2D eigenvalue weighted by molar-refractivity contribution is 5.92. The van der Waals surface area contributed by atoms with Crippen molar-refractivity contribution in [1.82, 2.24) is 14.9 Å². The van der Waals surface area contributed by atoms with Gasteiger partial charge in [0.1, 0.15) is 30.0 Å². The number of β-amino-alcohol motifs (C(OH)–C–C–N with tert-alkyl or cyclic N) is 1. The minimum Gasteiger partial charge on any atom is -0.490 e. The first kappa shape index (κ1) is 15.4. The van der Waals surface area contributed by atoms with Gasteiger partial charge < -0.3 is 14.7 Å². The van der Waals surface area contributed by atoms with Crippen molar-refractivity contribution in [3.8, 4) is 5.75 Å². The molecule has 23 heavy (non-hydrogen) atoms. The minimum atomic E-state index is -1.04. The van der Waals surface area contributed by atoms with Crippen LogP contribution in [0.25, 0.3) is 0 Å². The number of para-hydroxylation sites is 1. The molecule has 0 bridgehead atoms. The first-order chi connectivity index (χ1) is 11.1. The van der Waals surface area contributed by atoms with Crippen LogP contribution in [0.15, 0.2) is 42.9 Å². The fourth-order valence-corrected chi connectivity index (χ4v) is 2.66. The van der Waals surface area contributed by atoms with E-state index in [0.717, 1.165) is 11.3 Å². The van der Waals surface area contributed by atoms with Crippen LogP contribution in [0.5, 0.6) is 5.75 Å². The molecule has 1 aliphatic rings. The van der Waals surface area contributed by atoms with Crippen molar-refractivity contribution in [2.24, 2.45) is 0 Å². The molecule has 1 aliphatic heterocycles. The number of aryl methyl sites for hydroxylation is 1. The van der Waals surface area contributed by atoms with Crippen molar-refractivity contribution in [1.29, 1.82) is 0 Å². The summed E-state index contributed by atoms with van der Waals surface area (Å²) in [7, 11) is 0. The predicted molar refractivity (Wildman–Crippen MR) is 84.2 cm³/mol. The van der Waals surface area contributed by atoms with E-state index in [1.54, 1.807) is 11.0 Å². The zero-order chi connectivity index (χ0) is 16.3. The molecule has 6 nitrogen and oxygen atoms in total. The van der Waals surface area contributed by atoms with Crippen LogP contribution in [0.2, 0.25) is 0 Å². The van der Waals surface area contributed by atoms with Gasteiger partial charge in [0.2, 0.25) is 0 Å². The first-order valence-corrected chi connectivity index (χ1v) is 7.53. The summed E-state index contributed by atoms with van der Waals surface area (Å²) < 4.78 is 5.74. The van der Waals surface area contributed by atoms with Crippen LogP contribution in [-0.2, 0) is 0 Å². The molecular weight excluding hydrogens is 294 g/mol. The molecule has 1 unspecified atom stereocenters. The molecule has 2 aromatic rings. The van der Waals surface area contributed by atoms with E-state index in [-0.39, 0.29) is 19.1 Å². The summed E-state index contributed by atoms with van der Waals surface area (Å²) in [5.74, 6) is 0.556. The topological polar surface area (TPSA) is 75.6 Å². The summed E-state index contributed by atoms with van der Waals surface area (Å²) in [4.78, 5) is 21.7.